The van der Waals surface area contributed by atoms with Crippen LogP contribution in [0.2, 0.25) is 5.02 Å². The molecule has 3 N–H and O–H groups in total. The summed E-state index contributed by atoms with van der Waals surface area (Å²) in [6.45, 7) is 3.12. The lowest BCUT2D eigenvalue weighted by molar-refractivity contribution is 0.0617. The molecule has 0 spiro atoms. The van der Waals surface area contributed by atoms with Crippen molar-refractivity contribution in [2.24, 2.45) is 5.92 Å². The molecule has 9 heteroatoms. The molecule has 0 aliphatic carbocycles. The summed E-state index contributed by atoms with van der Waals surface area (Å²) in [5.74, 6) is 0.155. The van der Waals surface area contributed by atoms with E-state index in [1.807, 2.05) is 0 Å². The SMILES string of the molecule is O=C(Nc1n[nH]c(C(=O)N[C@H]2CN3CCC2CC3)c1Br)c1ccccc1Cl. The van der Waals surface area contributed by atoms with Crippen LogP contribution < -0.4 is 10.6 Å². The summed E-state index contributed by atoms with van der Waals surface area (Å²) >= 11 is 9.42. The van der Waals surface area contributed by atoms with Crippen LogP contribution in [0.1, 0.15) is 33.7 Å². The molecular formula is C18H19BrClN5O2. The number of piperidine rings is 3. The Hall–Kier alpha value is -1.90. The van der Waals surface area contributed by atoms with Gasteiger partial charge < -0.3 is 15.5 Å². The Morgan fingerprint density at radius 2 is 1.96 bits per heavy atom. The van der Waals surface area contributed by atoms with Crippen LogP contribution in [0.4, 0.5) is 5.82 Å². The fraction of sp³-hybridized carbons (Fsp3) is 0.389. The Morgan fingerprint density at radius 3 is 2.63 bits per heavy atom. The predicted octanol–water partition coefficient (Wildman–Crippen LogP) is 2.90. The van der Waals surface area contributed by atoms with Gasteiger partial charge in [-0.2, -0.15) is 5.10 Å². The van der Waals surface area contributed by atoms with Crippen LogP contribution in [0.25, 0.3) is 0 Å². The van der Waals surface area contributed by atoms with Crippen LogP contribution in [0.3, 0.4) is 0 Å². The topological polar surface area (TPSA) is 90.1 Å². The van der Waals surface area contributed by atoms with Crippen LogP contribution in [0.15, 0.2) is 28.7 Å². The zero-order valence-electron chi connectivity index (χ0n) is 14.5. The molecule has 142 valence electrons. The summed E-state index contributed by atoms with van der Waals surface area (Å²) in [7, 11) is 0. The molecule has 3 saturated heterocycles. The predicted molar refractivity (Wildman–Crippen MR) is 106 cm³/mol. The van der Waals surface area contributed by atoms with Gasteiger partial charge in [-0.25, -0.2) is 0 Å². The largest absolute Gasteiger partial charge is 0.346 e. The minimum Gasteiger partial charge on any atom is -0.346 e. The van der Waals surface area contributed by atoms with E-state index in [0.29, 0.717) is 26.7 Å². The van der Waals surface area contributed by atoms with E-state index in [0.717, 1.165) is 32.5 Å². The summed E-state index contributed by atoms with van der Waals surface area (Å²) in [5, 5.41) is 12.9. The Balaban J connectivity index is 1.45. The third kappa shape index (κ3) is 3.74. The summed E-state index contributed by atoms with van der Waals surface area (Å²) in [4.78, 5) is 27.4. The van der Waals surface area contributed by atoms with Gasteiger partial charge in [-0.15, -0.1) is 0 Å². The molecule has 3 aliphatic heterocycles. The molecule has 3 fully saturated rings. The van der Waals surface area contributed by atoms with E-state index in [1.54, 1.807) is 24.3 Å². The second-order valence-electron chi connectivity index (χ2n) is 6.91. The number of nitrogens with zero attached hydrogens (tertiary/aromatic N) is 2. The van der Waals surface area contributed by atoms with Crippen LogP contribution in [0.5, 0.6) is 0 Å². The second-order valence-corrected chi connectivity index (χ2v) is 8.11. The van der Waals surface area contributed by atoms with E-state index in [2.05, 4.69) is 41.7 Å². The number of hydrogen-bond donors (Lipinski definition) is 3. The molecule has 0 unspecified atom stereocenters. The van der Waals surface area contributed by atoms with Gasteiger partial charge in [-0.05, 0) is 59.9 Å². The number of amides is 2. The molecule has 2 amide bonds. The number of carbonyl (C=O) groups is 2. The lowest BCUT2D eigenvalue weighted by Crippen LogP contribution is -2.57. The number of H-pyrrole nitrogens is 1. The maximum Gasteiger partial charge on any atom is 0.270 e. The molecule has 1 atom stereocenters. The highest BCUT2D eigenvalue weighted by Gasteiger charge is 2.35. The van der Waals surface area contributed by atoms with Gasteiger partial charge in [0.05, 0.1) is 15.1 Å². The first kappa shape index (κ1) is 18.5. The van der Waals surface area contributed by atoms with E-state index in [-0.39, 0.29) is 17.8 Å². The van der Waals surface area contributed by atoms with Crippen molar-refractivity contribution in [1.82, 2.24) is 20.4 Å². The number of anilines is 1. The molecule has 0 radical (unpaired) electrons. The average Bonchev–Trinajstić information content (AvgIpc) is 3.03. The normalized spacial score (nSPS) is 23.9. The number of halogens is 2. The smallest absolute Gasteiger partial charge is 0.270 e. The van der Waals surface area contributed by atoms with Gasteiger partial charge >= 0.3 is 0 Å². The molecule has 0 saturated carbocycles. The van der Waals surface area contributed by atoms with E-state index >= 15 is 0 Å². The number of rotatable bonds is 4. The first-order valence-corrected chi connectivity index (χ1v) is 10.0. The van der Waals surface area contributed by atoms with Crippen molar-refractivity contribution in [3.05, 3.63) is 45.0 Å². The van der Waals surface area contributed by atoms with E-state index in [1.165, 1.54) is 0 Å². The van der Waals surface area contributed by atoms with E-state index in [9.17, 15) is 9.59 Å². The highest BCUT2D eigenvalue weighted by Crippen LogP contribution is 2.29. The first-order valence-electron chi connectivity index (χ1n) is 8.86. The molecule has 1 aromatic heterocycles. The third-order valence-electron chi connectivity index (χ3n) is 5.26. The van der Waals surface area contributed by atoms with Crippen molar-refractivity contribution in [3.8, 4) is 0 Å². The fourth-order valence-corrected chi connectivity index (χ4v) is 4.43. The minimum absolute atomic E-state index is 0.149. The summed E-state index contributed by atoms with van der Waals surface area (Å²) in [5.41, 5.74) is 0.633. The van der Waals surface area contributed by atoms with Crippen LogP contribution in [-0.2, 0) is 0 Å². The van der Waals surface area contributed by atoms with Gasteiger partial charge in [0.2, 0.25) is 0 Å². The molecule has 3 aliphatic rings. The molecular weight excluding hydrogens is 434 g/mol. The van der Waals surface area contributed by atoms with Crippen LogP contribution in [0, 0.1) is 5.92 Å². The Labute approximate surface area is 170 Å². The van der Waals surface area contributed by atoms with Gasteiger partial charge in [0.1, 0.15) is 5.69 Å². The zero-order valence-corrected chi connectivity index (χ0v) is 16.8. The van der Waals surface area contributed by atoms with Crippen molar-refractivity contribution in [2.75, 3.05) is 25.0 Å². The number of hydrogen-bond acceptors (Lipinski definition) is 4. The number of carbonyl (C=O) groups excluding carboxylic acids is 2. The number of fused-ring (bicyclic) bond motifs is 3. The fourth-order valence-electron chi connectivity index (χ4n) is 3.75. The van der Waals surface area contributed by atoms with E-state index in [4.69, 9.17) is 11.6 Å². The molecule has 27 heavy (non-hydrogen) atoms. The lowest BCUT2D eigenvalue weighted by Gasteiger charge is -2.44. The van der Waals surface area contributed by atoms with Crippen molar-refractivity contribution >= 4 is 45.2 Å². The van der Waals surface area contributed by atoms with Crippen LogP contribution in [-0.4, -0.2) is 52.6 Å². The average molecular weight is 453 g/mol. The Morgan fingerprint density at radius 1 is 1.22 bits per heavy atom. The highest BCUT2D eigenvalue weighted by molar-refractivity contribution is 9.10. The standard InChI is InChI=1S/C18H19BrClN5O2/c19-14-15(18(27)21-13-9-25-7-5-10(13)6-8-25)23-24-16(14)22-17(26)11-3-1-2-4-12(11)20/h1-4,10,13H,5-9H2,(H,21,27)(H2,22,23,24,26)/t13-/m0/s1. The third-order valence-corrected chi connectivity index (χ3v) is 6.36. The monoisotopic (exact) mass is 451 g/mol. The summed E-state index contributed by atoms with van der Waals surface area (Å²) in [6.07, 6.45) is 2.24. The minimum atomic E-state index is -0.392. The number of benzene rings is 1. The summed E-state index contributed by atoms with van der Waals surface area (Å²) < 4.78 is 0.418. The highest BCUT2D eigenvalue weighted by atomic mass is 79.9. The van der Waals surface area contributed by atoms with Gasteiger partial charge in [0, 0.05) is 12.6 Å². The quantitative estimate of drug-likeness (QED) is 0.665. The van der Waals surface area contributed by atoms with Crippen molar-refractivity contribution in [1.29, 1.82) is 0 Å². The molecule has 2 bridgehead atoms. The Kier molecular flexibility index (Phi) is 5.21. The molecule has 7 nitrogen and oxygen atoms in total. The van der Waals surface area contributed by atoms with Gasteiger partial charge in [-0.3, -0.25) is 14.7 Å². The second kappa shape index (κ2) is 7.61. The van der Waals surface area contributed by atoms with Crippen LogP contribution >= 0.6 is 27.5 Å². The van der Waals surface area contributed by atoms with E-state index < -0.39 is 5.91 Å². The van der Waals surface area contributed by atoms with Crippen molar-refractivity contribution in [2.45, 2.75) is 18.9 Å². The molecule has 4 heterocycles. The first-order chi connectivity index (χ1) is 13.0. The molecule has 5 rings (SSSR count). The number of aromatic amines is 1. The maximum atomic E-state index is 12.7. The van der Waals surface area contributed by atoms with Crippen molar-refractivity contribution in [3.63, 3.8) is 0 Å². The van der Waals surface area contributed by atoms with Gasteiger partial charge in [0.25, 0.3) is 11.8 Å². The zero-order chi connectivity index (χ0) is 19.0. The van der Waals surface area contributed by atoms with Gasteiger partial charge in [0.15, 0.2) is 5.82 Å². The molecule has 2 aromatic rings. The number of nitrogens with one attached hydrogen (secondary N) is 3. The summed E-state index contributed by atoms with van der Waals surface area (Å²) in [6, 6.07) is 6.90. The maximum absolute atomic E-state index is 12.7. The lowest BCUT2D eigenvalue weighted by atomic mass is 9.84. The Bertz CT molecular complexity index is 878. The van der Waals surface area contributed by atoms with Crippen molar-refractivity contribution < 1.29 is 9.59 Å². The molecule has 1 aromatic carbocycles. The number of aromatic nitrogens is 2. The van der Waals surface area contributed by atoms with Gasteiger partial charge in [-0.1, -0.05) is 23.7 Å².